The molecule has 36 heavy (non-hydrogen) atoms. The Hall–Kier alpha value is -3.38. The Bertz CT molecular complexity index is 1340. The molecule has 0 atom stereocenters. The molecular weight excluding hydrogens is 513 g/mol. The first-order valence-electron chi connectivity index (χ1n) is 10.7. The van der Waals surface area contributed by atoms with Gasteiger partial charge in [0, 0.05) is 32.7 Å². The number of sulfonamides is 1. The average Bonchev–Trinajstić information content (AvgIpc) is 3.38. The Labute approximate surface area is 211 Å². The number of benzene rings is 1. The Morgan fingerprint density at radius 3 is 2.33 bits per heavy atom. The van der Waals surface area contributed by atoms with Crippen molar-refractivity contribution in [3.8, 4) is 11.3 Å². The highest BCUT2D eigenvalue weighted by atomic mass is 32.2. The first kappa shape index (κ1) is 27.2. The molecule has 1 amide bonds. The first-order chi connectivity index (χ1) is 16.8. The molecule has 0 radical (unpaired) electrons. The number of amides is 1. The largest absolute Gasteiger partial charge is 0.416 e. The molecule has 0 aliphatic heterocycles. The molecule has 0 fully saturated rings. The maximum Gasteiger partial charge on any atom is 0.416 e. The number of anilines is 1. The number of carbonyl (C=O) groups excluding carboxylic acids is 1. The molecule has 192 valence electrons. The van der Waals surface area contributed by atoms with E-state index in [1.165, 1.54) is 18.2 Å². The lowest BCUT2D eigenvalue weighted by molar-refractivity contribution is -0.137. The number of hydrogen-bond acceptors (Lipinski definition) is 6. The number of nitrogens with one attached hydrogen (secondary N) is 1. The number of alkyl halides is 3. The molecule has 3 aromatic rings. The summed E-state index contributed by atoms with van der Waals surface area (Å²) in [6.07, 6.45) is -4.45. The monoisotopic (exact) mass is 538 g/mol. The van der Waals surface area contributed by atoms with Gasteiger partial charge in [-0.2, -0.15) is 13.2 Å². The molecule has 7 nitrogen and oxygen atoms in total. The maximum absolute atomic E-state index is 12.9. The minimum absolute atomic E-state index is 0.0184. The molecular formula is C24H25F3N4O3S2. The molecule has 1 N–H and O–H groups in total. The van der Waals surface area contributed by atoms with E-state index in [4.69, 9.17) is 0 Å². The summed E-state index contributed by atoms with van der Waals surface area (Å²) in [5.41, 5.74) is 0.528. The van der Waals surface area contributed by atoms with Crippen molar-refractivity contribution in [2.45, 2.75) is 23.9 Å². The Balaban J connectivity index is 1.81. The second-order valence-corrected chi connectivity index (χ2v) is 11.0. The molecule has 0 bridgehead atoms. The maximum atomic E-state index is 12.9. The van der Waals surface area contributed by atoms with Gasteiger partial charge in [0.15, 0.2) is 0 Å². The molecule has 2 aromatic heterocycles. The number of thiophene rings is 1. The molecule has 2 heterocycles. The van der Waals surface area contributed by atoms with Gasteiger partial charge in [0.2, 0.25) is 0 Å². The van der Waals surface area contributed by atoms with Crippen molar-refractivity contribution in [2.24, 2.45) is 0 Å². The second kappa shape index (κ2) is 10.7. The van der Waals surface area contributed by atoms with Crippen LogP contribution in [-0.4, -0.2) is 44.3 Å². The van der Waals surface area contributed by atoms with Crippen molar-refractivity contribution in [1.29, 1.82) is 0 Å². The van der Waals surface area contributed by atoms with Crippen molar-refractivity contribution in [1.82, 2.24) is 14.6 Å². The van der Waals surface area contributed by atoms with Crippen molar-refractivity contribution in [3.63, 3.8) is 0 Å². The lowest BCUT2D eigenvalue weighted by Crippen LogP contribution is -2.37. The zero-order valence-corrected chi connectivity index (χ0v) is 21.5. The average molecular weight is 539 g/mol. The number of carbonyl (C=O) groups is 1. The predicted octanol–water partition coefficient (Wildman–Crippen LogP) is 4.74. The van der Waals surface area contributed by atoms with E-state index >= 15 is 0 Å². The molecule has 0 aliphatic carbocycles. The molecule has 0 aliphatic rings. The number of nitrogens with zero attached hydrogens (tertiary/aromatic N) is 3. The van der Waals surface area contributed by atoms with Gasteiger partial charge in [-0.3, -0.25) is 9.10 Å². The quantitative estimate of drug-likeness (QED) is 0.398. The standard InChI is InChI=1S/C24H25F3N4O3S2/c1-5-31(36(33,34)22-7-6-12-35-22)16(2)23(32)28-15-17-13-20(29-21(14-17)30(3)4)18-8-10-19(11-9-18)24(25,26)27/h6-14H,2,5,15H2,1,3-4H3,(H,28,32). The zero-order chi connectivity index (χ0) is 26.7. The van der Waals surface area contributed by atoms with Crippen LogP contribution in [-0.2, 0) is 27.5 Å². The highest BCUT2D eigenvalue weighted by molar-refractivity contribution is 7.91. The fraction of sp³-hybridized carbons (Fsp3) is 0.250. The first-order valence-corrected chi connectivity index (χ1v) is 13.1. The molecule has 0 spiro atoms. The normalized spacial score (nSPS) is 11.7. The summed E-state index contributed by atoms with van der Waals surface area (Å²) in [6.45, 7) is 5.32. The molecule has 0 saturated carbocycles. The van der Waals surface area contributed by atoms with Gasteiger partial charge in [-0.15, -0.1) is 11.3 Å². The Morgan fingerprint density at radius 2 is 1.81 bits per heavy atom. The van der Waals surface area contributed by atoms with E-state index in [0.29, 0.717) is 22.6 Å². The van der Waals surface area contributed by atoms with Crippen LogP contribution in [0.15, 0.2) is 70.4 Å². The minimum Gasteiger partial charge on any atom is -0.363 e. The summed E-state index contributed by atoms with van der Waals surface area (Å²) < 4.78 is 65.5. The summed E-state index contributed by atoms with van der Waals surface area (Å²) in [5, 5.41) is 4.30. The summed E-state index contributed by atoms with van der Waals surface area (Å²) in [6, 6.07) is 11.1. The molecule has 0 saturated heterocycles. The van der Waals surface area contributed by atoms with E-state index < -0.39 is 27.7 Å². The van der Waals surface area contributed by atoms with Gasteiger partial charge < -0.3 is 10.2 Å². The van der Waals surface area contributed by atoms with E-state index in [-0.39, 0.29) is 23.0 Å². The molecule has 12 heteroatoms. The number of rotatable bonds is 9. The van der Waals surface area contributed by atoms with E-state index in [2.05, 4.69) is 16.9 Å². The SMILES string of the molecule is C=C(C(=O)NCc1cc(-c2ccc(C(F)(F)F)cc2)nc(N(C)C)c1)N(CC)S(=O)(=O)c1cccs1. The van der Waals surface area contributed by atoms with Crippen LogP contribution in [0.3, 0.4) is 0 Å². The Morgan fingerprint density at radius 1 is 1.14 bits per heavy atom. The third-order valence-corrected chi connectivity index (χ3v) is 8.47. The summed E-state index contributed by atoms with van der Waals surface area (Å²) in [5.74, 6) is -0.137. The number of likely N-dealkylation sites (N-methyl/N-ethyl adjacent to an activating group) is 1. The van der Waals surface area contributed by atoms with Gasteiger partial charge in [0.25, 0.3) is 15.9 Å². The topological polar surface area (TPSA) is 82.6 Å². The summed E-state index contributed by atoms with van der Waals surface area (Å²) in [4.78, 5) is 19.0. The van der Waals surface area contributed by atoms with Gasteiger partial charge in [-0.25, -0.2) is 13.4 Å². The van der Waals surface area contributed by atoms with Crippen LogP contribution < -0.4 is 10.2 Å². The van der Waals surface area contributed by atoms with Crippen LogP contribution in [0.1, 0.15) is 18.1 Å². The lowest BCUT2D eigenvalue weighted by Gasteiger charge is -2.23. The van der Waals surface area contributed by atoms with Gasteiger partial charge in [-0.1, -0.05) is 24.8 Å². The molecule has 3 rings (SSSR count). The summed E-state index contributed by atoms with van der Waals surface area (Å²) >= 11 is 1.04. The Kier molecular flexibility index (Phi) is 8.09. The zero-order valence-electron chi connectivity index (χ0n) is 19.8. The summed E-state index contributed by atoms with van der Waals surface area (Å²) in [7, 11) is -0.392. The fourth-order valence-corrected chi connectivity index (χ4v) is 5.85. The van der Waals surface area contributed by atoms with Gasteiger partial charge in [0.05, 0.1) is 11.3 Å². The van der Waals surface area contributed by atoms with Gasteiger partial charge in [-0.05, 0) is 48.2 Å². The van der Waals surface area contributed by atoms with E-state index in [0.717, 1.165) is 27.8 Å². The minimum atomic E-state index is -4.45. The van der Waals surface area contributed by atoms with Crippen LogP contribution >= 0.6 is 11.3 Å². The highest BCUT2D eigenvalue weighted by Crippen LogP contribution is 2.31. The van der Waals surface area contributed by atoms with Crippen LogP contribution in [0, 0.1) is 0 Å². The van der Waals surface area contributed by atoms with Crippen LogP contribution in [0.25, 0.3) is 11.3 Å². The third-order valence-electron chi connectivity index (χ3n) is 5.18. The van der Waals surface area contributed by atoms with Crippen molar-refractivity contribution in [2.75, 3.05) is 25.5 Å². The third kappa shape index (κ3) is 6.05. The number of pyridine rings is 1. The van der Waals surface area contributed by atoms with E-state index in [1.807, 2.05) is 0 Å². The highest BCUT2D eigenvalue weighted by Gasteiger charge is 2.30. The van der Waals surface area contributed by atoms with Gasteiger partial charge >= 0.3 is 6.18 Å². The van der Waals surface area contributed by atoms with Gasteiger partial charge in [0.1, 0.15) is 15.7 Å². The fourth-order valence-electron chi connectivity index (χ4n) is 3.30. The lowest BCUT2D eigenvalue weighted by atomic mass is 10.1. The number of halogens is 3. The molecule has 1 aromatic carbocycles. The van der Waals surface area contributed by atoms with Crippen LogP contribution in [0.4, 0.5) is 19.0 Å². The van der Waals surface area contributed by atoms with Crippen molar-refractivity contribution < 1.29 is 26.4 Å². The van der Waals surface area contributed by atoms with Crippen LogP contribution in [0.5, 0.6) is 0 Å². The second-order valence-electron chi connectivity index (χ2n) is 7.92. The van der Waals surface area contributed by atoms with E-state index in [1.54, 1.807) is 49.5 Å². The molecule has 0 unspecified atom stereocenters. The smallest absolute Gasteiger partial charge is 0.363 e. The van der Waals surface area contributed by atoms with Crippen molar-refractivity contribution in [3.05, 3.63) is 77.3 Å². The van der Waals surface area contributed by atoms with Crippen LogP contribution in [0.2, 0.25) is 0 Å². The predicted molar refractivity (Wildman–Crippen MR) is 134 cm³/mol. The number of hydrogen-bond donors (Lipinski definition) is 1. The number of aromatic nitrogens is 1. The van der Waals surface area contributed by atoms with Crippen molar-refractivity contribution >= 4 is 33.1 Å². The van der Waals surface area contributed by atoms with E-state index in [9.17, 15) is 26.4 Å².